The number of piperidine rings is 1. The van der Waals surface area contributed by atoms with E-state index < -0.39 is 0 Å². The van der Waals surface area contributed by atoms with Gasteiger partial charge in [0.25, 0.3) is 0 Å². The molecule has 0 aromatic heterocycles. The highest BCUT2D eigenvalue weighted by atomic mass is 16.5. The molecule has 1 heterocycles. The smallest absolute Gasteiger partial charge is 0.159 e. The van der Waals surface area contributed by atoms with Crippen LogP contribution in [0.2, 0.25) is 0 Å². The summed E-state index contributed by atoms with van der Waals surface area (Å²) in [6.45, 7) is 4.45. The number of ketones is 1. The van der Waals surface area contributed by atoms with Gasteiger partial charge in [-0.05, 0) is 62.1 Å². The minimum absolute atomic E-state index is 0.0956. The Morgan fingerprint density at radius 1 is 1.19 bits per heavy atom. The molecule has 3 rings (SSSR count). The van der Waals surface area contributed by atoms with Gasteiger partial charge in [-0.1, -0.05) is 30.3 Å². The van der Waals surface area contributed by atoms with E-state index >= 15 is 0 Å². The lowest BCUT2D eigenvalue weighted by Crippen LogP contribution is -2.46. The standard InChI is InChI=1S/C23H29NO3/c1-18(26)21-8-3-7-20(12-21)15-24-11-5-10-23(16-24,17-25)14-19-6-4-9-22(13-19)27-2/h3-4,6-9,12-13,25H,5,10-11,14-17H2,1-2H3/t23-/m0/s1. The summed E-state index contributed by atoms with van der Waals surface area (Å²) in [5, 5.41) is 10.2. The summed E-state index contributed by atoms with van der Waals surface area (Å²) in [6.07, 6.45) is 2.92. The number of hydrogen-bond donors (Lipinski definition) is 1. The van der Waals surface area contributed by atoms with Crippen molar-refractivity contribution >= 4 is 5.78 Å². The number of Topliss-reactive ketones (excluding diaryl/α,β-unsaturated/α-hetero) is 1. The Kier molecular flexibility index (Phi) is 6.30. The second-order valence-corrected chi connectivity index (χ2v) is 7.76. The average molecular weight is 367 g/mol. The zero-order valence-corrected chi connectivity index (χ0v) is 16.3. The van der Waals surface area contributed by atoms with E-state index in [4.69, 9.17) is 4.74 Å². The highest BCUT2D eigenvalue weighted by Gasteiger charge is 2.35. The molecule has 1 N–H and O–H groups in total. The third kappa shape index (κ3) is 4.96. The van der Waals surface area contributed by atoms with Crippen LogP contribution in [0.5, 0.6) is 5.75 Å². The van der Waals surface area contributed by atoms with Crippen LogP contribution in [-0.2, 0) is 13.0 Å². The van der Waals surface area contributed by atoms with E-state index in [1.165, 1.54) is 5.56 Å². The number of likely N-dealkylation sites (tertiary alicyclic amines) is 1. The van der Waals surface area contributed by atoms with Crippen LogP contribution in [0, 0.1) is 5.41 Å². The number of nitrogens with zero attached hydrogens (tertiary/aromatic N) is 1. The molecular weight excluding hydrogens is 338 g/mol. The Morgan fingerprint density at radius 3 is 2.70 bits per heavy atom. The molecule has 0 aliphatic carbocycles. The molecule has 0 spiro atoms. The van der Waals surface area contributed by atoms with Crippen molar-refractivity contribution in [3.05, 3.63) is 65.2 Å². The van der Waals surface area contributed by atoms with Gasteiger partial charge in [0, 0.05) is 24.1 Å². The molecule has 4 heteroatoms. The third-order valence-electron chi connectivity index (χ3n) is 5.53. The zero-order chi connectivity index (χ0) is 19.3. The van der Waals surface area contributed by atoms with Gasteiger partial charge in [-0.15, -0.1) is 0 Å². The molecule has 0 radical (unpaired) electrons. The van der Waals surface area contributed by atoms with E-state index in [0.717, 1.165) is 55.8 Å². The van der Waals surface area contributed by atoms with Gasteiger partial charge in [0.05, 0.1) is 13.7 Å². The van der Waals surface area contributed by atoms with Crippen LogP contribution in [0.3, 0.4) is 0 Å². The van der Waals surface area contributed by atoms with Crippen LogP contribution in [0.4, 0.5) is 0 Å². The van der Waals surface area contributed by atoms with Crippen molar-refractivity contribution in [2.24, 2.45) is 5.41 Å². The maximum atomic E-state index is 11.6. The fourth-order valence-electron chi connectivity index (χ4n) is 4.14. The van der Waals surface area contributed by atoms with Crippen LogP contribution in [0.1, 0.15) is 41.3 Å². The normalized spacial score (nSPS) is 20.4. The van der Waals surface area contributed by atoms with E-state index in [0.29, 0.717) is 0 Å². The van der Waals surface area contributed by atoms with Gasteiger partial charge in [0.1, 0.15) is 5.75 Å². The minimum Gasteiger partial charge on any atom is -0.497 e. The molecule has 1 atom stereocenters. The molecule has 0 bridgehead atoms. The molecule has 1 aliphatic rings. The first-order valence-electron chi connectivity index (χ1n) is 9.60. The Bertz CT molecular complexity index is 789. The molecule has 1 fully saturated rings. The highest BCUT2D eigenvalue weighted by Crippen LogP contribution is 2.34. The molecule has 1 aliphatic heterocycles. The molecule has 27 heavy (non-hydrogen) atoms. The molecule has 2 aromatic carbocycles. The summed E-state index contributed by atoms with van der Waals surface area (Å²) >= 11 is 0. The monoisotopic (exact) mass is 367 g/mol. The first kappa shape index (κ1) is 19.6. The van der Waals surface area contributed by atoms with E-state index in [-0.39, 0.29) is 17.8 Å². The predicted molar refractivity (Wildman–Crippen MR) is 107 cm³/mol. The second-order valence-electron chi connectivity index (χ2n) is 7.76. The van der Waals surface area contributed by atoms with Crippen molar-refractivity contribution in [3.8, 4) is 5.75 Å². The van der Waals surface area contributed by atoms with Crippen LogP contribution < -0.4 is 4.74 Å². The summed E-state index contributed by atoms with van der Waals surface area (Å²) in [4.78, 5) is 14.0. The van der Waals surface area contributed by atoms with E-state index in [1.54, 1.807) is 14.0 Å². The maximum Gasteiger partial charge on any atom is 0.159 e. The summed E-state index contributed by atoms with van der Waals surface area (Å²) in [5.41, 5.74) is 2.97. The Morgan fingerprint density at radius 2 is 1.96 bits per heavy atom. The number of rotatable bonds is 7. The number of ether oxygens (including phenoxy) is 1. The van der Waals surface area contributed by atoms with Gasteiger partial charge in [-0.25, -0.2) is 0 Å². The molecule has 0 saturated carbocycles. The lowest BCUT2D eigenvalue weighted by molar-refractivity contribution is 0.0288. The second kappa shape index (κ2) is 8.68. The number of carbonyl (C=O) groups is 1. The quantitative estimate of drug-likeness (QED) is 0.758. The molecule has 144 valence electrons. The van der Waals surface area contributed by atoms with Gasteiger partial charge in [-0.3, -0.25) is 9.69 Å². The van der Waals surface area contributed by atoms with E-state index in [9.17, 15) is 9.90 Å². The minimum atomic E-state index is -0.136. The van der Waals surface area contributed by atoms with Crippen molar-refractivity contribution < 1.29 is 14.6 Å². The summed E-state index contributed by atoms with van der Waals surface area (Å²) in [6, 6.07) is 16.0. The average Bonchev–Trinajstić information content (AvgIpc) is 2.68. The van der Waals surface area contributed by atoms with Crippen molar-refractivity contribution in [1.29, 1.82) is 0 Å². The lowest BCUT2D eigenvalue weighted by Gasteiger charge is -2.42. The van der Waals surface area contributed by atoms with Crippen molar-refractivity contribution in [1.82, 2.24) is 4.90 Å². The van der Waals surface area contributed by atoms with Crippen LogP contribution in [0.15, 0.2) is 48.5 Å². The van der Waals surface area contributed by atoms with Gasteiger partial charge in [0.2, 0.25) is 0 Å². The lowest BCUT2D eigenvalue weighted by atomic mass is 9.75. The number of aliphatic hydroxyl groups excluding tert-OH is 1. The highest BCUT2D eigenvalue weighted by molar-refractivity contribution is 5.94. The SMILES string of the molecule is COc1cccc(C[C@@]2(CO)CCCN(Cc3cccc(C(C)=O)c3)C2)c1. The topological polar surface area (TPSA) is 49.8 Å². The number of carbonyl (C=O) groups excluding carboxylic acids is 1. The first-order valence-corrected chi connectivity index (χ1v) is 9.60. The van der Waals surface area contributed by atoms with Gasteiger partial charge >= 0.3 is 0 Å². The largest absolute Gasteiger partial charge is 0.497 e. The zero-order valence-electron chi connectivity index (χ0n) is 16.3. The van der Waals surface area contributed by atoms with Gasteiger partial charge in [0.15, 0.2) is 5.78 Å². The van der Waals surface area contributed by atoms with E-state index in [1.807, 2.05) is 30.3 Å². The summed E-state index contributed by atoms with van der Waals surface area (Å²) < 4.78 is 5.34. The molecule has 1 saturated heterocycles. The summed E-state index contributed by atoms with van der Waals surface area (Å²) in [5.74, 6) is 0.951. The molecule has 0 unspecified atom stereocenters. The van der Waals surface area contributed by atoms with Crippen LogP contribution >= 0.6 is 0 Å². The third-order valence-corrected chi connectivity index (χ3v) is 5.53. The number of methoxy groups -OCH3 is 1. The maximum absolute atomic E-state index is 11.6. The molecule has 4 nitrogen and oxygen atoms in total. The molecular formula is C23H29NO3. The number of benzene rings is 2. The van der Waals surface area contributed by atoms with Gasteiger partial charge in [-0.2, -0.15) is 0 Å². The van der Waals surface area contributed by atoms with Crippen LogP contribution in [-0.4, -0.2) is 42.6 Å². The first-order chi connectivity index (χ1) is 13.0. The van der Waals surface area contributed by atoms with Crippen molar-refractivity contribution in [2.45, 2.75) is 32.7 Å². The van der Waals surface area contributed by atoms with E-state index in [2.05, 4.69) is 23.1 Å². The van der Waals surface area contributed by atoms with Crippen LogP contribution in [0.25, 0.3) is 0 Å². The fraction of sp³-hybridized carbons (Fsp3) is 0.435. The summed E-state index contributed by atoms with van der Waals surface area (Å²) in [7, 11) is 1.68. The molecule has 2 aromatic rings. The molecule has 0 amide bonds. The fourth-order valence-corrected chi connectivity index (χ4v) is 4.14. The Hall–Kier alpha value is -2.17. The predicted octanol–water partition coefficient (Wildman–Crippen LogP) is 3.72. The van der Waals surface area contributed by atoms with Crippen molar-refractivity contribution in [3.63, 3.8) is 0 Å². The van der Waals surface area contributed by atoms with Crippen molar-refractivity contribution in [2.75, 3.05) is 26.8 Å². The van der Waals surface area contributed by atoms with Gasteiger partial charge < -0.3 is 9.84 Å². The number of hydrogen-bond acceptors (Lipinski definition) is 4. The Balaban J connectivity index is 1.72. The Labute approximate surface area is 161 Å². The number of aliphatic hydroxyl groups is 1.